The lowest BCUT2D eigenvalue weighted by Gasteiger charge is -2.24. The first-order chi connectivity index (χ1) is 14.8. The highest BCUT2D eigenvalue weighted by Crippen LogP contribution is 2.37. The highest BCUT2D eigenvalue weighted by atomic mass is 32.1. The minimum atomic E-state index is 0.601. The van der Waals surface area contributed by atoms with E-state index >= 15 is 0 Å². The summed E-state index contributed by atoms with van der Waals surface area (Å²) in [5.74, 6) is 1.51. The molecular formula is C23H24N4O2S. The highest BCUT2D eigenvalue weighted by Gasteiger charge is 2.19. The van der Waals surface area contributed by atoms with Gasteiger partial charge < -0.3 is 14.4 Å². The Morgan fingerprint density at radius 3 is 2.30 bits per heavy atom. The summed E-state index contributed by atoms with van der Waals surface area (Å²) in [6.07, 6.45) is 1.76. The zero-order valence-electron chi connectivity index (χ0n) is 17.1. The summed E-state index contributed by atoms with van der Waals surface area (Å²) in [5.41, 5.74) is 1.93. The van der Waals surface area contributed by atoms with Crippen LogP contribution in [0.1, 0.15) is 0 Å². The number of thiophene rings is 1. The second-order valence-electron chi connectivity index (χ2n) is 6.75. The van der Waals surface area contributed by atoms with Crippen molar-refractivity contribution >= 4 is 27.4 Å². The Balaban J connectivity index is 1.86. The van der Waals surface area contributed by atoms with Crippen LogP contribution >= 0.6 is 11.3 Å². The van der Waals surface area contributed by atoms with Gasteiger partial charge in [0.05, 0.1) is 18.6 Å². The molecule has 30 heavy (non-hydrogen) atoms. The fourth-order valence-corrected chi connectivity index (χ4v) is 4.26. The molecule has 7 heteroatoms. The Labute approximate surface area is 180 Å². The van der Waals surface area contributed by atoms with Crippen molar-refractivity contribution in [2.24, 2.45) is 0 Å². The van der Waals surface area contributed by atoms with Crippen LogP contribution in [0.4, 0.5) is 5.82 Å². The van der Waals surface area contributed by atoms with Crippen LogP contribution in [-0.2, 0) is 9.47 Å². The van der Waals surface area contributed by atoms with E-state index in [-0.39, 0.29) is 0 Å². The molecule has 1 aromatic carbocycles. The Morgan fingerprint density at radius 2 is 1.63 bits per heavy atom. The number of ether oxygens (including phenoxy) is 2. The van der Waals surface area contributed by atoms with Gasteiger partial charge in [-0.15, -0.1) is 11.3 Å². The molecule has 0 aliphatic rings. The normalized spacial score (nSPS) is 11.1. The molecule has 0 atom stereocenters. The van der Waals surface area contributed by atoms with Crippen LogP contribution in [0, 0.1) is 0 Å². The third-order valence-corrected chi connectivity index (χ3v) is 5.83. The van der Waals surface area contributed by atoms with Gasteiger partial charge >= 0.3 is 0 Å². The van der Waals surface area contributed by atoms with E-state index in [9.17, 15) is 0 Å². The Kier molecular flexibility index (Phi) is 6.63. The molecule has 0 unspecified atom stereocenters. The van der Waals surface area contributed by atoms with Crippen LogP contribution in [0.5, 0.6) is 0 Å². The summed E-state index contributed by atoms with van der Waals surface area (Å²) in [5, 5.41) is 1.03. The lowest BCUT2D eigenvalue weighted by molar-refractivity contribution is 0.190. The van der Waals surface area contributed by atoms with Crippen molar-refractivity contribution < 1.29 is 9.47 Å². The second-order valence-corrected chi connectivity index (χ2v) is 7.78. The van der Waals surface area contributed by atoms with Crippen LogP contribution < -0.4 is 4.90 Å². The molecular weight excluding hydrogens is 396 g/mol. The Bertz CT molecular complexity index is 1080. The lowest BCUT2D eigenvalue weighted by Crippen LogP contribution is -2.31. The van der Waals surface area contributed by atoms with Gasteiger partial charge in [0.25, 0.3) is 0 Å². The molecule has 0 amide bonds. The number of hydrogen-bond donors (Lipinski definition) is 0. The first kappa shape index (κ1) is 20.4. The van der Waals surface area contributed by atoms with Gasteiger partial charge in [-0.05, 0) is 23.8 Å². The molecule has 4 rings (SSSR count). The fourth-order valence-electron chi connectivity index (χ4n) is 3.23. The molecule has 0 saturated heterocycles. The van der Waals surface area contributed by atoms with E-state index in [0.717, 1.165) is 26.6 Å². The van der Waals surface area contributed by atoms with Crippen LogP contribution in [-0.4, -0.2) is 55.5 Å². The Morgan fingerprint density at radius 1 is 0.900 bits per heavy atom. The highest BCUT2D eigenvalue weighted by molar-refractivity contribution is 7.22. The maximum atomic E-state index is 5.34. The minimum absolute atomic E-state index is 0.601. The molecule has 6 nitrogen and oxygen atoms in total. The van der Waals surface area contributed by atoms with Crippen molar-refractivity contribution in [1.82, 2.24) is 15.0 Å². The molecule has 0 aliphatic carbocycles. The van der Waals surface area contributed by atoms with Crippen molar-refractivity contribution in [1.29, 1.82) is 0 Å². The third kappa shape index (κ3) is 4.48. The van der Waals surface area contributed by atoms with E-state index in [0.29, 0.717) is 32.1 Å². The number of methoxy groups -OCH3 is 2. The standard InChI is InChI=1S/C23H24N4O2S/c1-28-14-12-27(13-15-29-2)22-18-16-20(17-8-4-3-5-9-17)30-23(18)26-21(25-22)19-10-6-7-11-24-19/h3-11,16H,12-15H2,1-2H3. The van der Waals surface area contributed by atoms with Gasteiger partial charge in [-0.3, -0.25) is 4.98 Å². The van der Waals surface area contributed by atoms with E-state index < -0.39 is 0 Å². The van der Waals surface area contributed by atoms with Crippen molar-refractivity contribution in [2.45, 2.75) is 0 Å². The molecule has 4 aromatic rings. The number of fused-ring (bicyclic) bond motifs is 1. The minimum Gasteiger partial charge on any atom is -0.383 e. The van der Waals surface area contributed by atoms with Gasteiger partial charge in [-0.25, -0.2) is 9.97 Å². The molecule has 3 heterocycles. The summed E-state index contributed by atoms with van der Waals surface area (Å²) >= 11 is 1.67. The first-order valence-corrected chi connectivity index (χ1v) is 10.6. The van der Waals surface area contributed by atoms with E-state index in [1.807, 2.05) is 24.3 Å². The van der Waals surface area contributed by atoms with E-state index in [1.165, 1.54) is 5.56 Å². The largest absolute Gasteiger partial charge is 0.383 e. The molecule has 0 aliphatic heterocycles. The molecule has 0 radical (unpaired) electrons. The van der Waals surface area contributed by atoms with Crippen LogP contribution in [0.25, 0.3) is 32.2 Å². The average molecular weight is 421 g/mol. The van der Waals surface area contributed by atoms with Gasteiger partial charge in [0.2, 0.25) is 0 Å². The summed E-state index contributed by atoms with van der Waals surface area (Å²) in [6.45, 7) is 2.63. The van der Waals surface area contributed by atoms with Crippen molar-refractivity contribution in [3.63, 3.8) is 0 Å². The molecule has 0 N–H and O–H groups in total. The van der Waals surface area contributed by atoms with E-state index in [2.05, 4.69) is 40.2 Å². The number of rotatable bonds is 9. The third-order valence-electron chi connectivity index (χ3n) is 4.76. The van der Waals surface area contributed by atoms with Crippen molar-refractivity contribution in [2.75, 3.05) is 45.4 Å². The van der Waals surface area contributed by atoms with E-state index in [1.54, 1.807) is 31.8 Å². The fraction of sp³-hybridized carbons (Fsp3) is 0.261. The summed E-state index contributed by atoms with van der Waals surface area (Å²) < 4.78 is 10.7. The van der Waals surface area contributed by atoms with Gasteiger partial charge in [-0.1, -0.05) is 36.4 Å². The number of pyridine rings is 1. The zero-order valence-corrected chi connectivity index (χ0v) is 17.9. The predicted octanol–water partition coefficient (Wildman–Crippen LogP) is 4.52. The summed E-state index contributed by atoms with van der Waals surface area (Å²) in [4.78, 5) is 18.5. The van der Waals surface area contributed by atoms with Crippen molar-refractivity contribution in [3.8, 4) is 22.0 Å². The molecule has 154 valence electrons. The van der Waals surface area contributed by atoms with Gasteiger partial charge in [0.1, 0.15) is 16.3 Å². The van der Waals surface area contributed by atoms with Crippen LogP contribution in [0.3, 0.4) is 0 Å². The van der Waals surface area contributed by atoms with E-state index in [4.69, 9.17) is 19.4 Å². The van der Waals surface area contributed by atoms with Crippen molar-refractivity contribution in [3.05, 3.63) is 60.8 Å². The molecule has 0 fully saturated rings. The molecule has 0 bridgehead atoms. The first-order valence-electron chi connectivity index (χ1n) is 9.81. The summed E-state index contributed by atoms with van der Waals surface area (Å²) in [6, 6.07) is 18.3. The van der Waals surface area contributed by atoms with Crippen LogP contribution in [0.15, 0.2) is 60.8 Å². The summed E-state index contributed by atoms with van der Waals surface area (Å²) in [7, 11) is 3.42. The van der Waals surface area contributed by atoms with Gasteiger partial charge in [0.15, 0.2) is 5.82 Å². The lowest BCUT2D eigenvalue weighted by atomic mass is 10.2. The quantitative estimate of drug-likeness (QED) is 0.397. The van der Waals surface area contributed by atoms with Crippen LogP contribution in [0.2, 0.25) is 0 Å². The number of anilines is 1. The Hall–Kier alpha value is -2.87. The topological polar surface area (TPSA) is 60.4 Å². The number of aromatic nitrogens is 3. The molecule has 3 aromatic heterocycles. The number of nitrogens with zero attached hydrogens (tertiary/aromatic N) is 4. The zero-order chi connectivity index (χ0) is 20.8. The second kappa shape index (κ2) is 9.75. The van der Waals surface area contributed by atoms with Gasteiger partial charge in [-0.2, -0.15) is 0 Å². The maximum absolute atomic E-state index is 5.34. The SMILES string of the molecule is COCCN(CCOC)c1nc(-c2ccccn2)nc2sc(-c3ccccc3)cc12. The molecule has 0 saturated carbocycles. The average Bonchev–Trinajstić information content (AvgIpc) is 3.24. The molecule has 0 spiro atoms. The predicted molar refractivity (Wildman–Crippen MR) is 122 cm³/mol. The maximum Gasteiger partial charge on any atom is 0.181 e. The van der Waals surface area contributed by atoms with Gasteiger partial charge in [0, 0.05) is 38.4 Å². The number of benzene rings is 1. The smallest absolute Gasteiger partial charge is 0.181 e. The monoisotopic (exact) mass is 420 g/mol. The number of hydrogen-bond acceptors (Lipinski definition) is 7.